The first-order valence-electron chi connectivity index (χ1n) is 8.59. The Morgan fingerprint density at radius 2 is 1.62 bits per heavy atom. The molecule has 3 aromatic carbocycles. The Morgan fingerprint density at radius 1 is 0.808 bits per heavy atom. The van der Waals surface area contributed by atoms with Gasteiger partial charge < -0.3 is 9.30 Å². The number of fused-ring (bicyclic) bond motifs is 3. The highest BCUT2D eigenvalue weighted by atomic mass is 35.5. The number of rotatable bonds is 2. The second kappa shape index (κ2) is 6.08. The lowest BCUT2D eigenvalue weighted by molar-refractivity contribution is 0.302. The molecule has 0 fully saturated rings. The first-order valence-corrected chi connectivity index (χ1v) is 8.97. The number of halogens is 1. The van der Waals surface area contributed by atoms with Crippen LogP contribution in [0.25, 0.3) is 28.1 Å². The molecule has 1 aromatic heterocycles. The quantitative estimate of drug-likeness (QED) is 0.407. The minimum absolute atomic E-state index is 0.560. The Hall–Kier alpha value is -2.97. The van der Waals surface area contributed by atoms with E-state index in [1.807, 2.05) is 36.4 Å². The van der Waals surface area contributed by atoms with E-state index in [9.17, 15) is 0 Å². The summed E-state index contributed by atoms with van der Waals surface area (Å²) in [5, 5.41) is 0.728. The zero-order chi connectivity index (χ0) is 17.5. The van der Waals surface area contributed by atoms with Crippen LogP contribution in [0.5, 0.6) is 5.75 Å². The molecule has 1 aliphatic heterocycles. The third-order valence-electron chi connectivity index (χ3n) is 4.80. The highest BCUT2D eigenvalue weighted by Gasteiger charge is 2.25. The Morgan fingerprint density at radius 3 is 2.46 bits per heavy atom. The van der Waals surface area contributed by atoms with E-state index >= 15 is 0 Å². The van der Waals surface area contributed by atoms with E-state index < -0.39 is 0 Å². The van der Waals surface area contributed by atoms with Crippen molar-refractivity contribution in [3.05, 3.63) is 95.6 Å². The van der Waals surface area contributed by atoms with Crippen molar-refractivity contribution in [2.24, 2.45) is 0 Å². The summed E-state index contributed by atoms with van der Waals surface area (Å²) in [5.74, 6) is 0.918. The highest BCUT2D eigenvalue weighted by Crippen LogP contribution is 2.44. The van der Waals surface area contributed by atoms with Gasteiger partial charge in [0.05, 0.1) is 5.69 Å². The van der Waals surface area contributed by atoms with Crippen LogP contribution in [0.15, 0.2) is 85.1 Å². The maximum absolute atomic E-state index is 6.26. The van der Waals surface area contributed by atoms with Crippen molar-refractivity contribution in [1.82, 2.24) is 4.57 Å². The van der Waals surface area contributed by atoms with Gasteiger partial charge in [-0.05, 0) is 35.9 Å². The molecule has 1 aliphatic rings. The normalized spacial score (nSPS) is 12.2. The highest BCUT2D eigenvalue weighted by molar-refractivity contribution is 6.30. The number of para-hydroxylation sites is 1. The van der Waals surface area contributed by atoms with Crippen molar-refractivity contribution >= 4 is 11.6 Å². The van der Waals surface area contributed by atoms with Crippen molar-refractivity contribution < 1.29 is 4.74 Å². The fourth-order valence-corrected chi connectivity index (χ4v) is 3.80. The molecule has 4 aromatic rings. The second-order valence-electron chi connectivity index (χ2n) is 6.37. The van der Waals surface area contributed by atoms with Crippen LogP contribution in [0.1, 0.15) is 5.56 Å². The van der Waals surface area contributed by atoms with Crippen molar-refractivity contribution in [3.8, 4) is 33.8 Å². The molecule has 0 amide bonds. The van der Waals surface area contributed by atoms with E-state index in [0.717, 1.165) is 22.0 Å². The van der Waals surface area contributed by atoms with Gasteiger partial charge >= 0.3 is 0 Å². The van der Waals surface area contributed by atoms with Crippen molar-refractivity contribution in [1.29, 1.82) is 0 Å². The van der Waals surface area contributed by atoms with E-state index in [1.165, 1.54) is 22.4 Å². The molecule has 0 atom stereocenters. The summed E-state index contributed by atoms with van der Waals surface area (Å²) in [6.07, 6.45) is 2.19. The van der Waals surface area contributed by atoms with E-state index in [1.54, 1.807) is 0 Å². The van der Waals surface area contributed by atoms with Gasteiger partial charge in [-0.1, -0.05) is 60.1 Å². The number of aromatic nitrogens is 1. The van der Waals surface area contributed by atoms with Gasteiger partial charge in [0.1, 0.15) is 12.4 Å². The van der Waals surface area contributed by atoms with Gasteiger partial charge in [-0.2, -0.15) is 0 Å². The molecule has 0 N–H and O–H groups in total. The topological polar surface area (TPSA) is 14.2 Å². The van der Waals surface area contributed by atoms with Gasteiger partial charge in [0.25, 0.3) is 0 Å². The molecule has 0 unspecified atom stereocenters. The van der Waals surface area contributed by atoms with E-state index in [4.69, 9.17) is 16.3 Å². The number of nitrogens with zero attached hydrogens (tertiary/aromatic N) is 1. The average Bonchev–Trinajstić information content (AvgIpc) is 3.09. The second-order valence-corrected chi connectivity index (χ2v) is 6.81. The lowest BCUT2D eigenvalue weighted by Crippen LogP contribution is -2.07. The van der Waals surface area contributed by atoms with Gasteiger partial charge in [0.2, 0.25) is 0 Å². The predicted molar refractivity (Wildman–Crippen MR) is 106 cm³/mol. The summed E-state index contributed by atoms with van der Waals surface area (Å²) < 4.78 is 8.27. The van der Waals surface area contributed by atoms with E-state index in [2.05, 4.69) is 53.2 Å². The molecule has 0 radical (unpaired) electrons. The van der Waals surface area contributed by atoms with Crippen LogP contribution in [0.2, 0.25) is 5.02 Å². The summed E-state index contributed by atoms with van der Waals surface area (Å²) in [7, 11) is 0. The number of benzene rings is 3. The molecule has 0 saturated heterocycles. The van der Waals surface area contributed by atoms with Crippen LogP contribution in [0, 0.1) is 0 Å². The number of hydrogen-bond donors (Lipinski definition) is 0. The van der Waals surface area contributed by atoms with Crippen LogP contribution in [-0.2, 0) is 6.61 Å². The van der Waals surface area contributed by atoms with Crippen LogP contribution in [0.4, 0.5) is 0 Å². The largest absolute Gasteiger partial charge is 0.488 e. The fraction of sp³-hybridized carbons (Fsp3) is 0.0435. The summed E-state index contributed by atoms with van der Waals surface area (Å²) in [6.45, 7) is 0.560. The molecule has 26 heavy (non-hydrogen) atoms. The zero-order valence-corrected chi connectivity index (χ0v) is 14.8. The first-order chi connectivity index (χ1) is 12.8. The molecule has 0 spiro atoms. The molecule has 0 aliphatic carbocycles. The molecule has 2 nitrogen and oxygen atoms in total. The first kappa shape index (κ1) is 15.3. The lowest BCUT2D eigenvalue weighted by Gasteiger charge is -2.21. The van der Waals surface area contributed by atoms with Crippen LogP contribution in [0.3, 0.4) is 0 Å². The monoisotopic (exact) mass is 357 g/mol. The molecule has 2 heterocycles. The fourth-order valence-electron chi connectivity index (χ4n) is 3.62. The summed E-state index contributed by atoms with van der Waals surface area (Å²) in [6, 6.07) is 26.6. The maximum atomic E-state index is 6.26. The summed E-state index contributed by atoms with van der Waals surface area (Å²) in [4.78, 5) is 0. The zero-order valence-electron chi connectivity index (χ0n) is 14.0. The van der Waals surface area contributed by atoms with Gasteiger partial charge in [-0.15, -0.1) is 0 Å². The van der Waals surface area contributed by atoms with Crippen molar-refractivity contribution in [2.45, 2.75) is 6.61 Å². The molecular formula is C23H16ClNO. The molecule has 126 valence electrons. The smallest absolute Gasteiger partial charge is 0.129 e. The van der Waals surface area contributed by atoms with Gasteiger partial charge in [-0.25, -0.2) is 0 Å². The Bertz CT molecular complexity index is 1100. The molecule has 5 rings (SSSR count). The molecule has 0 saturated carbocycles. The van der Waals surface area contributed by atoms with Gasteiger partial charge in [-0.3, -0.25) is 0 Å². The third-order valence-corrected chi connectivity index (χ3v) is 5.03. The van der Waals surface area contributed by atoms with Gasteiger partial charge in [0, 0.05) is 33.6 Å². The molecule has 0 bridgehead atoms. The van der Waals surface area contributed by atoms with Crippen LogP contribution < -0.4 is 4.74 Å². The standard InChI is InChI=1S/C23H16ClNO/c24-17-9-6-10-18(13-17)25-14-20(16-7-2-1-3-8-16)21-15-26-22-12-5-4-11-19(22)23(21)25/h1-14H,15H2. The van der Waals surface area contributed by atoms with Crippen molar-refractivity contribution in [2.75, 3.05) is 0 Å². The summed E-state index contributed by atoms with van der Waals surface area (Å²) >= 11 is 6.26. The third kappa shape index (κ3) is 2.42. The molecule has 3 heteroatoms. The predicted octanol–water partition coefficient (Wildman–Crippen LogP) is 6.36. The SMILES string of the molecule is Clc1cccc(-n2cc(-c3ccccc3)c3c2-c2ccccc2OC3)c1. The average molecular weight is 358 g/mol. The minimum Gasteiger partial charge on any atom is -0.488 e. The number of hydrogen-bond acceptors (Lipinski definition) is 1. The number of ether oxygens (including phenoxy) is 1. The minimum atomic E-state index is 0.560. The van der Waals surface area contributed by atoms with E-state index in [0.29, 0.717) is 6.61 Å². The summed E-state index contributed by atoms with van der Waals surface area (Å²) in [5.41, 5.74) is 6.91. The van der Waals surface area contributed by atoms with Gasteiger partial charge in [0.15, 0.2) is 0 Å². The van der Waals surface area contributed by atoms with Crippen LogP contribution in [-0.4, -0.2) is 4.57 Å². The van der Waals surface area contributed by atoms with Crippen molar-refractivity contribution in [3.63, 3.8) is 0 Å². The van der Waals surface area contributed by atoms with Crippen LogP contribution >= 0.6 is 11.6 Å². The Labute approximate surface area is 157 Å². The maximum Gasteiger partial charge on any atom is 0.129 e. The lowest BCUT2D eigenvalue weighted by atomic mass is 9.98. The Balaban J connectivity index is 1.82. The van der Waals surface area contributed by atoms with E-state index in [-0.39, 0.29) is 0 Å². The molecular weight excluding hydrogens is 342 g/mol. The Kier molecular flexibility index (Phi) is 3.58.